The van der Waals surface area contributed by atoms with E-state index in [0.29, 0.717) is 35.8 Å². The average molecular weight is 311 g/mol. The number of carbonyl (C=O) groups is 2. The Morgan fingerprint density at radius 1 is 1.09 bits per heavy atom. The van der Waals surface area contributed by atoms with Gasteiger partial charge in [0.15, 0.2) is 0 Å². The van der Waals surface area contributed by atoms with Gasteiger partial charge in [-0.25, -0.2) is 4.79 Å². The molecule has 2 aromatic carbocycles. The number of anilines is 3. The van der Waals surface area contributed by atoms with Crippen molar-refractivity contribution in [3.63, 3.8) is 0 Å². The van der Waals surface area contributed by atoms with Crippen LogP contribution in [0.15, 0.2) is 48.5 Å². The zero-order chi connectivity index (χ0) is 16.2. The maximum Gasteiger partial charge on any atom is 0.323 e. The first-order chi connectivity index (χ1) is 11.1. The molecule has 6 heteroatoms. The molecule has 0 radical (unpaired) electrons. The highest BCUT2D eigenvalue weighted by Crippen LogP contribution is 2.33. The molecule has 2 N–H and O–H groups in total. The molecule has 0 atom stereocenters. The molecule has 3 amide bonds. The van der Waals surface area contributed by atoms with Crippen molar-refractivity contribution in [2.45, 2.75) is 6.42 Å². The number of hydrogen-bond acceptors (Lipinski definition) is 3. The molecule has 0 saturated carbocycles. The Kier molecular flexibility index (Phi) is 4.14. The Morgan fingerprint density at radius 2 is 1.83 bits per heavy atom. The van der Waals surface area contributed by atoms with E-state index in [2.05, 4.69) is 10.6 Å². The van der Waals surface area contributed by atoms with E-state index in [0.717, 1.165) is 0 Å². The minimum atomic E-state index is -0.348. The zero-order valence-corrected chi connectivity index (χ0v) is 12.7. The van der Waals surface area contributed by atoms with Crippen molar-refractivity contribution in [2.75, 3.05) is 29.2 Å². The van der Waals surface area contributed by atoms with Crippen molar-refractivity contribution in [1.29, 1.82) is 0 Å². The normalized spacial score (nSPS) is 13.6. The van der Waals surface area contributed by atoms with Crippen molar-refractivity contribution in [1.82, 2.24) is 0 Å². The smallest absolute Gasteiger partial charge is 0.323 e. The van der Waals surface area contributed by atoms with Gasteiger partial charge in [0.1, 0.15) is 5.75 Å². The van der Waals surface area contributed by atoms with E-state index in [1.165, 1.54) is 0 Å². The second-order valence-corrected chi connectivity index (χ2v) is 5.18. The zero-order valence-electron chi connectivity index (χ0n) is 12.7. The molecule has 1 aliphatic rings. The molecule has 6 nitrogen and oxygen atoms in total. The molecule has 23 heavy (non-hydrogen) atoms. The van der Waals surface area contributed by atoms with Crippen LogP contribution < -0.4 is 20.3 Å². The third kappa shape index (κ3) is 3.42. The minimum absolute atomic E-state index is 0.0189. The van der Waals surface area contributed by atoms with Crippen molar-refractivity contribution in [2.24, 2.45) is 0 Å². The van der Waals surface area contributed by atoms with Crippen LogP contribution >= 0.6 is 0 Å². The first-order valence-electron chi connectivity index (χ1n) is 7.30. The average Bonchev–Trinajstić information content (AvgIpc) is 2.68. The van der Waals surface area contributed by atoms with E-state index in [4.69, 9.17) is 4.74 Å². The summed E-state index contributed by atoms with van der Waals surface area (Å²) in [6.07, 6.45) is 0.336. The summed E-state index contributed by atoms with van der Waals surface area (Å²) in [7, 11) is 1.70. The Balaban J connectivity index is 1.75. The third-order valence-corrected chi connectivity index (χ3v) is 3.56. The van der Waals surface area contributed by atoms with Crippen LogP contribution in [0, 0.1) is 0 Å². The monoisotopic (exact) mass is 311 g/mol. The Bertz CT molecular complexity index is 731. The molecular weight excluding hydrogens is 294 g/mol. The van der Waals surface area contributed by atoms with Crippen molar-refractivity contribution in [3.05, 3.63) is 48.5 Å². The largest absolute Gasteiger partial charge is 0.491 e. The number of ether oxygens (including phenoxy) is 1. The van der Waals surface area contributed by atoms with E-state index in [1.807, 2.05) is 18.2 Å². The molecule has 0 bridgehead atoms. The molecule has 0 fully saturated rings. The van der Waals surface area contributed by atoms with Crippen molar-refractivity contribution >= 4 is 29.0 Å². The van der Waals surface area contributed by atoms with Crippen molar-refractivity contribution < 1.29 is 14.3 Å². The van der Waals surface area contributed by atoms with Crippen LogP contribution in [0.5, 0.6) is 5.75 Å². The molecular formula is C17H17N3O3. The highest BCUT2D eigenvalue weighted by atomic mass is 16.5. The molecule has 0 aromatic heterocycles. The number of benzene rings is 2. The van der Waals surface area contributed by atoms with Crippen LogP contribution in [0.4, 0.5) is 21.9 Å². The van der Waals surface area contributed by atoms with Gasteiger partial charge in [-0.05, 0) is 30.3 Å². The number of urea groups is 1. The fourth-order valence-electron chi connectivity index (χ4n) is 2.34. The fourth-order valence-corrected chi connectivity index (χ4v) is 2.34. The summed E-state index contributed by atoms with van der Waals surface area (Å²) in [6, 6.07) is 14.0. The molecule has 2 aromatic rings. The summed E-state index contributed by atoms with van der Waals surface area (Å²) >= 11 is 0. The third-order valence-electron chi connectivity index (χ3n) is 3.56. The summed E-state index contributed by atoms with van der Waals surface area (Å²) in [5.74, 6) is 0.613. The lowest BCUT2D eigenvalue weighted by molar-refractivity contribution is -0.118. The summed E-state index contributed by atoms with van der Waals surface area (Å²) in [5, 5.41) is 5.49. The van der Waals surface area contributed by atoms with Gasteiger partial charge in [0, 0.05) is 18.4 Å². The predicted molar refractivity (Wildman–Crippen MR) is 89.0 cm³/mol. The van der Waals surface area contributed by atoms with Gasteiger partial charge in [-0.3, -0.25) is 4.79 Å². The number of fused-ring (bicyclic) bond motifs is 1. The molecule has 118 valence electrons. The molecule has 0 saturated heterocycles. The number of nitrogens with zero attached hydrogens (tertiary/aromatic N) is 1. The molecule has 0 spiro atoms. The van der Waals surface area contributed by atoms with Crippen molar-refractivity contribution in [3.8, 4) is 5.75 Å². The molecule has 1 aliphatic heterocycles. The second kappa shape index (κ2) is 6.39. The minimum Gasteiger partial charge on any atom is -0.491 e. The van der Waals surface area contributed by atoms with E-state index < -0.39 is 0 Å². The molecule has 0 aliphatic carbocycles. The Labute approximate surface area is 134 Å². The van der Waals surface area contributed by atoms with Gasteiger partial charge in [-0.2, -0.15) is 0 Å². The lowest BCUT2D eigenvalue weighted by Gasteiger charge is -2.17. The summed E-state index contributed by atoms with van der Waals surface area (Å²) in [4.78, 5) is 25.5. The van der Waals surface area contributed by atoms with Gasteiger partial charge in [-0.1, -0.05) is 18.2 Å². The number of carbonyl (C=O) groups excluding carboxylic acids is 2. The number of nitrogens with one attached hydrogen (secondary N) is 2. The number of amides is 3. The lowest BCUT2D eigenvalue weighted by Crippen LogP contribution is -2.25. The maximum atomic E-state index is 12.0. The Hall–Kier alpha value is -3.02. The van der Waals surface area contributed by atoms with Gasteiger partial charge in [0.2, 0.25) is 5.91 Å². The van der Waals surface area contributed by atoms with Gasteiger partial charge in [-0.15, -0.1) is 0 Å². The van der Waals surface area contributed by atoms with E-state index in [-0.39, 0.29) is 11.9 Å². The fraction of sp³-hybridized carbons (Fsp3) is 0.176. The highest BCUT2D eigenvalue weighted by molar-refractivity contribution is 6.01. The van der Waals surface area contributed by atoms with Gasteiger partial charge >= 0.3 is 6.03 Å². The van der Waals surface area contributed by atoms with Crippen LogP contribution in [0.25, 0.3) is 0 Å². The first-order valence-corrected chi connectivity index (χ1v) is 7.30. The van der Waals surface area contributed by atoms with E-state index >= 15 is 0 Å². The summed E-state index contributed by atoms with van der Waals surface area (Å²) in [6.45, 7) is 0.359. The van der Waals surface area contributed by atoms with Gasteiger partial charge in [0.05, 0.1) is 18.7 Å². The first kappa shape index (κ1) is 14.9. The molecule has 0 unspecified atom stereocenters. The standard InChI is InChI=1S/C17H17N3O3/c1-20-14-11-13(7-8-15(14)23-10-9-16(20)21)19-17(22)18-12-5-3-2-4-6-12/h2-8,11H,9-10H2,1H3,(H2,18,19,22). The van der Waals surface area contributed by atoms with Crippen LogP contribution in [-0.2, 0) is 4.79 Å². The van der Waals surface area contributed by atoms with E-state index in [1.54, 1.807) is 42.3 Å². The second-order valence-electron chi connectivity index (χ2n) is 5.18. The summed E-state index contributed by atoms with van der Waals surface area (Å²) in [5.41, 5.74) is 1.93. The quantitative estimate of drug-likeness (QED) is 0.895. The number of para-hydroxylation sites is 1. The topological polar surface area (TPSA) is 70.7 Å². The van der Waals surface area contributed by atoms with Crippen LogP contribution in [0.3, 0.4) is 0 Å². The van der Waals surface area contributed by atoms with Crippen LogP contribution in [0.2, 0.25) is 0 Å². The number of hydrogen-bond donors (Lipinski definition) is 2. The summed E-state index contributed by atoms with van der Waals surface area (Å²) < 4.78 is 5.55. The molecule has 1 heterocycles. The SMILES string of the molecule is CN1C(=O)CCOc2ccc(NC(=O)Nc3ccccc3)cc21. The van der Waals surface area contributed by atoms with Gasteiger partial charge in [0.25, 0.3) is 0 Å². The maximum absolute atomic E-state index is 12.0. The lowest BCUT2D eigenvalue weighted by atomic mass is 10.2. The van der Waals surface area contributed by atoms with Crippen LogP contribution in [0.1, 0.15) is 6.42 Å². The highest BCUT2D eigenvalue weighted by Gasteiger charge is 2.20. The van der Waals surface area contributed by atoms with Gasteiger partial charge < -0.3 is 20.3 Å². The Morgan fingerprint density at radius 3 is 2.61 bits per heavy atom. The van der Waals surface area contributed by atoms with Crippen LogP contribution in [-0.4, -0.2) is 25.6 Å². The predicted octanol–water partition coefficient (Wildman–Crippen LogP) is 3.08. The van der Waals surface area contributed by atoms with E-state index in [9.17, 15) is 9.59 Å². The number of rotatable bonds is 2. The molecule has 3 rings (SSSR count).